The van der Waals surface area contributed by atoms with Gasteiger partial charge in [-0.1, -0.05) is 13.8 Å². The molecule has 0 aliphatic heterocycles. The molecule has 0 spiro atoms. The number of hydrogen-bond donors (Lipinski definition) is 0. The fourth-order valence-corrected chi connectivity index (χ4v) is 2.35. The van der Waals surface area contributed by atoms with Gasteiger partial charge in [0, 0.05) is 25.2 Å². The van der Waals surface area contributed by atoms with Crippen LogP contribution in [0.2, 0.25) is 0 Å². The maximum atomic E-state index is 13.0. The van der Waals surface area contributed by atoms with Crippen molar-refractivity contribution in [2.75, 3.05) is 39.3 Å². The Morgan fingerprint density at radius 2 is 1.62 bits per heavy atom. The molecule has 0 saturated carbocycles. The molecule has 5 nitrogen and oxygen atoms in total. The van der Waals surface area contributed by atoms with Crippen molar-refractivity contribution in [1.29, 1.82) is 0 Å². The van der Waals surface area contributed by atoms with Gasteiger partial charge in [0.25, 0.3) is 5.91 Å². The number of esters is 1. The fourth-order valence-electron chi connectivity index (χ4n) is 2.35. The molecule has 0 aliphatic rings. The van der Waals surface area contributed by atoms with E-state index in [9.17, 15) is 14.0 Å². The van der Waals surface area contributed by atoms with Gasteiger partial charge in [-0.2, -0.15) is 0 Å². The van der Waals surface area contributed by atoms with Crippen LogP contribution in [0.5, 0.6) is 0 Å². The SMILES string of the molecule is CCOC(=O)CCN(CCN(CC)CC)C(=O)c1ccc(F)cc1. The third kappa shape index (κ3) is 6.66. The average Bonchev–Trinajstić information content (AvgIpc) is 2.58. The minimum atomic E-state index is -0.382. The molecule has 0 aromatic heterocycles. The Kier molecular flexibility index (Phi) is 9.01. The number of likely N-dealkylation sites (N-methyl/N-ethyl adjacent to an activating group) is 1. The Hall–Kier alpha value is -1.95. The predicted octanol–water partition coefficient (Wildman–Crippen LogP) is 2.56. The number of nitrogens with zero attached hydrogens (tertiary/aromatic N) is 2. The zero-order chi connectivity index (χ0) is 17.9. The third-order valence-electron chi connectivity index (χ3n) is 3.85. The van der Waals surface area contributed by atoms with Crippen molar-refractivity contribution in [3.8, 4) is 0 Å². The lowest BCUT2D eigenvalue weighted by molar-refractivity contribution is -0.143. The van der Waals surface area contributed by atoms with Crippen molar-refractivity contribution >= 4 is 11.9 Å². The molecule has 1 rings (SSSR count). The van der Waals surface area contributed by atoms with Crippen LogP contribution in [0.1, 0.15) is 37.6 Å². The summed E-state index contributed by atoms with van der Waals surface area (Å²) in [4.78, 5) is 28.1. The normalized spacial score (nSPS) is 10.7. The maximum Gasteiger partial charge on any atom is 0.307 e. The van der Waals surface area contributed by atoms with E-state index in [1.165, 1.54) is 24.3 Å². The van der Waals surface area contributed by atoms with E-state index in [1.54, 1.807) is 11.8 Å². The molecule has 24 heavy (non-hydrogen) atoms. The monoisotopic (exact) mass is 338 g/mol. The molecule has 134 valence electrons. The molecule has 0 N–H and O–H groups in total. The van der Waals surface area contributed by atoms with Crippen LogP contribution in [-0.4, -0.2) is 61.0 Å². The summed E-state index contributed by atoms with van der Waals surface area (Å²) in [7, 11) is 0. The van der Waals surface area contributed by atoms with Gasteiger partial charge in [-0.3, -0.25) is 9.59 Å². The minimum absolute atomic E-state index is 0.152. The summed E-state index contributed by atoms with van der Waals surface area (Å²) < 4.78 is 18.0. The zero-order valence-electron chi connectivity index (χ0n) is 14.8. The maximum absolute atomic E-state index is 13.0. The molecule has 1 aromatic rings. The number of amides is 1. The molecular formula is C18H27FN2O3. The van der Waals surface area contributed by atoms with E-state index in [1.807, 2.05) is 0 Å². The van der Waals surface area contributed by atoms with Crippen molar-refractivity contribution in [3.63, 3.8) is 0 Å². The summed E-state index contributed by atoms with van der Waals surface area (Å²) >= 11 is 0. The lowest BCUT2D eigenvalue weighted by Crippen LogP contribution is -2.40. The van der Waals surface area contributed by atoms with Crippen LogP contribution >= 0.6 is 0 Å². The standard InChI is InChI=1S/C18H27FN2O3/c1-4-20(5-2)13-14-21(12-11-17(22)24-6-3)18(23)15-7-9-16(19)10-8-15/h7-10H,4-6,11-14H2,1-3H3. The molecule has 0 aliphatic carbocycles. The quantitative estimate of drug-likeness (QED) is 0.615. The molecule has 1 amide bonds. The van der Waals surface area contributed by atoms with Crippen LogP contribution in [0.25, 0.3) is 0 Å². The van der Waals surface area contributed by atoms with Crippen molar-refractivity contribution < 1.29 is 18.7 Å². The first-order valence-corrected chi connectivity index (χ1v) is 8.44. The smallest absolute Gasteiger partial charge is 0.307 e. The molecule has 0 atom stereocenters. The highest BCUT2D eigenvalue weighted by Gasteiger charge is 2.18. The number of carbonyl (C=O) groups excluding carboxylic acids is 2. The third-order valence-corrected chi connectivity index (χ3v) is 3.85. The summed E-state index contributed by atoms with van der Waals surface area (Å²) in [6.45, 7) is 9.52. The number of carbonyl (C=O) groups is 2. The van der Waals surface area contributed by atoms with Crippen LogP contribution in [0, 0.1) is 5.82 Å². The second-order valence-corrected chi connectivity index (χ2v) is 5.38. The Bertz CT molecular complexity index is 516. The molecule has 0 heterocycles. The molecule has 0 fully saturated rings. The Labute approximate surface area is 143 Å². The van der Waals surface area contributed by atoms with Gasteiger partial charge in [0.15, 0.2) is 0 Å². The van der Waals surface area contributed by atoms with Crippen LogP contribution in [0.3, 0.4) is 0 Å². The van der Waals surface area contributed by atoms with E-state index in [0.29, 0.717) is 18.7 Å². The lowest BCUT2D eigenvalue weighted by atomic mass is 10.2. The van der Waals surface area contributed by atoms with Gasteiger partial charge in [-0.25, -0.2) is 4.39 Å². The average molecular weight is 338 g/mol. The Morgan fingerprint density at radius 1 is 1.00 bits per heavy atom. The number of rotatable bonds is 10. The van der Waals surface area contributed by atoms with E-state index in [-0.39, 0.29) is 30.7 Å². The highest BCUT2D eigenvalue weighted by Crippen LogP contribution is 2.08. The van der Waals surface area contributed by atoms with Crippen LogP contribution in [0.15, 0.2) is 24.3 Å². The number of ether oxygens (including phenoxy) is 1. The van der Waals surface area contributed by atoms with Gasteiger partial charge < -0.3 is 14.5 Å². The summed E-state index contributed by atoms with van der Waals surface area (Å²) in [5.41, 5.74) is 0.416. The van der Waals surface area contributed by atoms with Crippen molar-refractivity contribution in [2.45, 2.75) is 27.2 Å². The van der Waals surface area contributed by atoms with E-state index < -0.39 is 0 Å². The Morgan fingerprint density at radius 3 is 2.17 bits per heavy atom. The van der Waals surface area contributed by atoms with E-state index >= 15 is 0 Å². The van der Waals surface area contributed by atoms with Gasteiger partial charge in [0.2, 0.25) is 0 Å². The molecule has 0 bridgehead atoms. The zero-order valence-corrected chi connectivity index (χ0v) is 14.8. The van der Waals surface area contributed by atoms with E-state index in [2.05, 4.69) is 18.7 Å². The molecular weight excluding hydrogens is 311 g/mol. The lowest BCUT2D eigenvalue weighted by Gasteiger charge is -2.26. The highest BCUT2D eigenvalue weighted by atomic mass is 19.1. The molecule has 0 unspecified atom stereocenters. The van der Waals surface area contributed by atoms with Crippen LogP contribution < -0.4 is 0 Å². The number of hydrogen-bond acceptors (Lipinski definition) is 4. The summed E-state index contributed by atoms with van der Waals surface area (Å²) in [6, 6.07) is 5.46. The van der Waals surface area contributed by atoms with Gasteiger partial charge >= 0.3 is 5.97 Å². The highest BCUT2D eigenvalue weighted by molar-refractivity contribution is 5.94. The van der Waals surface area contributed by atoms with Crippen molar-refractivity contribution in [3.05, 3.63) is 35.6 Å². The number of benzene rings is 1. The molecule has 0 saturated heterocycles. The second kappa shape index (κ2) is 10.8. The summed E-state index contributed by atoms with van der Waals surface area (Å²) in [5.74, 6) is -0.906. The first-order valence-electron chi connectivity index (χ1n) is 8.44. The van der Waals surface area contributed by atoms with Gasteiger partial charge in [-0.05, 0) is 44.3 Å². The first-order chi connectivity index (χ1) is 11.5. The van der Waals surface area contributed by atoms with Crippen molar-refractivity contribution in [1.82, 2.24) is 9.80 Å². The van der Waals surface area contributed by atoms with Gasteiger partial charge in [0.1, 0.15) is 5.82 Å². The topological polar surface area (TPSA) is 49.9 Å². The predicted molar refractivity (Wildman–Crippen MR) is 91.3 cm³/mol. The second-order valence-electron chi connectivity index (χ2n) is 5.38. The van der Waals surface area contributed by atoms with Gasteiger partial charge in [0.05, 0.1) is 13.0 Å². The summed E-state index contributed by atoms with van der Waals surface area (Å²) in [6.07, 6.45) is 0.152. The number of halogens is 1. The van der Waals surface area contributed by atoms with Crippen LogP contribution in [0.4, 0.5) is 4.39 Å². The first kappa shape index (κ1) is 20.1. The van der Waals surface area contributed by atoms with Crippen LogP contribution in [-0.2, 0) is 9.53 Å². The van der Waals surface area contributed by atoms with E-state index in [0.717, 1.165) is 19.6 Å². The Balaban J connectivity index is 2.76. The molecule has 0 radical (unpaired) electrons. The molecule has 1 aromatic carbocycles. The van der Waals surface area contributed by atoms with Crippen molar-refractivity contribution in [2.24, 2.45) is 0 Å². The van der Waals surface area contributed by atoms with Gasteiger partial charge in [-0.15, -0.1) is 0 Å². The largest absolute Gasteiger partial charge is 0.466 e. The van der Waals surface area contributed by atoms with E-state index in [4.69, 9.17) is 4.74 Å². The minimum Gasteiger partial charge on any atom is -0.466 e. The molecule has 6 heteroatoms. The fraction of sp³-hybridized carbons (Fsp3) is 0.556. The summed E-state index contributed by atoms with van der Waals surface area (Å²) in [5, 5.41) is 0.